The molecule has 0 saturated carbocycles. The lowest BCUT2D eigenvalue weighted by molar-refractivity contribution is 0.0787. The second-order valence-electron chi connectivity index (χ2n) is 8.27. The van der Waals surface area contributed by atoms with Crippen LogP contribution < -0.4 is 4.74 Å². The first kappa shape index (κ1) is 22.2. The first-order chi connectivity index (χ1) is 16.6. The molecule has 1 fully saturated rings. The second kappa shape index (κ2) is 9.73. The Morgan fingerprint density at radius 3 is 2.62 bits per heavy atom. The van der Waals surface area contributed by atoms with Crippen LogP contribution in [-0.2, 0) is 0 Å². The van der Waals surface area contributed by atoms with Crippen molar-refractivity contribution in [2.75, 3.05) is 26.0 Å². The van der Waals surface area contributed by atoms with E-state index in [0.29, 0.717) is 11.3 Å². The van der Waals surface area contributed by atoms with Gasteiger partial charge in [-0.25, -0.2) is 4.98 Å². The van der Waals surface area contributed by atoms with Crippen molar-refractivity contribution >= 4 is 34.4 Å². The van der Waals surface area contributed by atoms with E-state index in [9.17, 15) is 9.59 Å². The van der Waals surface area contributed by atoms with Crippen LogP contribution in [0.5, 0.6) is 5.75 Å². The van der Waals surface area contributed by atoms with E-state index in [1.165, 1.54) is 11.8 Å². The van der Waals surface area contributed by atoms with E-state index in [4.69, 9.17) is 9.72 Å². The van der Waals surface area contributed by atoms with Gasteiger partial charge in [0.1, 0.15) is 11.4 Å². The predicted molar refractivity (Wildman–Crippen MR) is 135 cm³/mol. The van der Waals surface area contributed by atoms with Gasteiger partial charge < -0.3 is 14.6 Å². The number of aromatic amines is 1. The number of hydrogen-bond donors (Lipinski definition) is 1. The van der Waals surface area contributed by atoms with Crippen LogP contribution in [-0.4, -0.2) is 52.5 Å². The van der Waals surface area contributed by atoms with Gasteiger partial charge in [0, 0.05) is 36.3 Å². The number of carbonyl (C=O) groups excluding carboxylic acids is 2. The molecule has 34 heavy (non-hydrogen) atoms. The zero-order chi connectivity index (χ0) is 23.5. The van der Waals surface area contributed by atoms with Gasteiger partial charge in [-0.2, -0.15) is 0 Å². The van der Waals surface area contributed by atoms with Crippen LogP contribution in [0.15, 0.2) is 71.9 Å². The number of methoxy groups -OCH3 is 1. The van der Waals surface area contributed by atoms with Crippen LogP contribution in [0.25, 0.3) is 22.0 Å². The predicted octanol–water partition coefficient (Wildman–Crippen LogP) is 5.45. The third kappa shape index (κ3) is 4.56. The fraction of sp³-hybridized carbons (Fsp3) is 0.222. The molecule has 0 bridgehead atoms. The molecule has 7 heteroatoms. The molecule has 2 aromatic heterocycles. The quantitative estimate of drug-likeness (QED) is 0.287. The first-order valence-corrected chi connectivity index (χ1v) is 12.3. The summed E-state index contributed by atoms with van der Waals surface area (Å²) in [5.74, 6) is 0.878. The molecule has 0 unspecified atom stereocenters. The Morgan fingerprint density at radius 1 is 1.06 bits per heavy atom. The molecule has 1 N–H and O–H groups in total. The Balaban J connectivity index is 1.37. The number of nitrogens with one attached hydrogen (secondary N) is 1. The van der Waals surface area contributed by atoms with Crippen LogP contribution in [0.1, 0.15) is 33.7 Å². The van der Waals surface area contributed by atoms with Crippen molar-refractivity contribution in [3.63, 3.8) is 0 Å². The smallest absolute Gasteiger partial charge is 0.270 e. The van der Waals surface area contributed by atoms with Crippen LogP contribution in [0.3, 0.4) is 0 Å². The minimum absolute atomic E-state index is 0.0400. The molecule has 172 valence electrons. The summed E-state index contributed by atoms with van der Waals surface area (Å²) in [4.78, 5) is 35.0. The normalized spacial score (nSPS) is 13.4. The molecule has 1 amide bonds. The number of thioether (sulfide) groups is 1. The largest absolute Gasteiger partial charge is 0.497 e. The SMILES string of the molecule is COc1ccc2c(-c3ccccc3)cc(SCC(=O)c3c[nH]c(C(=O)N4CCCC4)c3)nc2c1. The van der Waals surface area contributed by atoms with Gasteiger partial charge in [0.2, 0.25) is 0 Å². The summed E-state index contributed by atoms with van der Waals surface area (Å²) in [6.07, 6.45) is 3.69. The van der Waals surface area contributed by atoms with E-state index < -0.39 is 0 Å². The molecule has 0 spiro atoms. The van der Waals surface area contributed by atoms with Crippen molar-refractivity contribution in [2.45, 2.75) is 17.9 Å². The van der Waals surface area contributed by atoms with Gasteiger partial charge in [-0.1, -0.05) is 42.1 Å². The molecule has 1 aliphatic heterocycles. The van der Waals surface area contributed by atoms with Crippen LogP contribution >= 0.6 is 11.8 Å². The molecule has 6 nitrogen and oxygen atoms in total. The number of likely N-dealkylation sites (tertiary alicyclic amines) is 1. The number of ether oxygens (including phenoxy) is 1. The summed E-state index contributed by atoms with van der Waals surface area (Å²) in [5, 5.41) is 1.79. The molecule has 1 aliphatic rings. The number of ketones is 1. The summed E-state index contributed by atoms with van der Waals surface area (Å²) < 4.78 is 5.39. The van der Waals surface area contributed by atoms with Gasteiger partial charge in [-0.05, 0) is 48.2 Å². The number of benzene rings is 2. The molecule has 2 aromatic carbocycles. The molecule has 0 aliphatic carbocycles. The van der Waals surface area contributed by atoms with Crippen LogP contribution in [0.2, 0.25) is 0 Å². The highest BCUT2D eigenvalue weighted by Crippen LogP contribution is 2.33. The van der Waals surface area contributed by atoms with E-state index in [1.807, 2.05) is 47.4 Å². The monoisotopic (exact) mass is 471 g/mol. The standard InChI is InChI=1S/C27H25N3O3S/c1-33-20-9-10-21-22(18-7-3-2-4-8-18)15-26(29-23(21)14-20)34-17-25(31)19-13-24(28-16-19)27(32)30-11-5-6-12-30/h2-4,7-10,13-16,28H,5-6,11-12,17H2,1H3. The highest BCUT2D eigenvalue weighted by molar-refractivity contribution is 7.99. The number of hydrogen-bond acceptors (Lipinski definition) is 5. The maximum atomic E-state index is 12.9. The molecule has 3 heterocycles. The van der Waals surface area contributed by atoms with Gasteiger partial charge in [0.05, 0.1) is 23.4 Å². The van der Waals surface area contributed by atoms with E-state index in [1.54, 1.807) is 19.4 Å². The molecular formula is C27H25N3O3S. The van der Waals surface area contributed by atoms with Gasteiger partial charge in [-0.15, -0.1) is 0 Å². The molecule has 5 rings (SSSR count). The maximum Gasteiger partial charge on any atom is 0.270 e. The van der Waals surface area contributed by atoms with Crippen LogP contribution in [0, 0.1) is 0 Å². The number of pyridine rings is 1. The molecule has 1 saturated heterocycles. The lowest BCUT2D eigenvalue weighted by atomic mass is 10.0. The lowest BCUT2D eigenvalue weighted by Crippen LogP contribution is -2.27. The number of fused-ring (bicyclic) bond motifs is 1. The summed E-state index contributed by atoms with van der Waals surface area (Å²) in [5.41, 5.74) is 3.95. The van der Waals surface area contributed by atoms with Crippen molar-refractivity contribution in [3.8, 4) is 16.9 Å². The van der Waals surface area contributed by atoms with Crippen molar-refractivity contribution in [3.05, 3.63) is 78.1 Å². The van der Waals surface area contributed by atoms with Crippen molar-refractivity contribution in [1.29, 1.82) is 0 Å². The minimum atomic E-state index is -0.0458. The summed E-state index contributed by atoms with van der Waals surface area (Å²) in [6, 6.07) is 19.7. The highest BCUT2D eigenvalue weighted by atomic mass is 32.2. The number of carbonyl (C=O) groups is 2. The minimum Gasteiger partial charge on any atom is -0.497 e. The topological polar surface area (TPSA) is 75.3 Å². The van der Waals surface area contributed by atoms with Crippen molar-refractivity contribution < 1.29 is 14.3 Å². The maximum absolute atomic E-state index is 12.9. The third-order valence-corrected chi connectivity index (χ3v) is 6.97. The Hall–Kier alpha value is -3.58. The number of Topliss-reactive ketones (excluding diaryl/α,β-unsaturated/α-hetero) is 1. The fourth-order valence-electron chi connectivity index (χ4n) is 4.23. The van der Waals surface area contributed by atoms with Gasteiger partial charge >= 0.3 is 0 Å². The Bertz CT molecular complexity index is 1340. The zero-order valence-electron chi connectivity index (χ0n) is 18.9. The molecule has 4 aromatic rings. The van der Waals surface area contributed by atoms with Crippen molar-refractivity contribution in [1.82, 2.24) is 14.9 Å². The average molecular weight is 472 g/mol. The van der Waals surface area contributed by atoms with E-state index in [-0.39, 0.29) is 17.4 Å². The first-order valence-electron chi connectivity index (χ1n) is 11.3. The Labute approximate surface area is 202 Å². The zero-order valence-corrected chi connectivity index (χ0v) is 19.7. The molecule has 0 atom stereocenters. The number of nitrogens with zero attached hydrogens (tertiary/aromatic N) is 2. The third-order valence-electron chi connectivity index (χ3n) is 6.06. The van der Waals surface area contributed by atoms with Gasteiger partial charge in [0.25, 0.3) is 5.91 Å². The summed E-state index contributed by atoms with van der Waals surface area (Å²) in [7, 11) is 1.64. The van der Waals surface area contributed by atoms with E-state index in [0.717, 1.165) is 58.7 Å². The Morgan fingerprint density at radius 2 is 1.85 bits per heavy atom. The Kier molecular flexibility index (Phi) is 6.36. The highest BCUT2D eigenvalue weighted by Gasteiger charge is 2.22. The van der Waals surface area contributed by atoms with E-state index in [2.05, 4.69) is 17.1 Å². The number of H-pyrrole nitrogens is 1. The van der Waals surface area contributed by atoms with Crippen molar-refractivity contribution in [2.24, 2.45) is 0 Å². The number of rotatable bonds is 7. The van der Waals surface area contributed by atoms with Gasteiger partial charge in [0.15, 0.2) is 5.78 Å². The second-order valence-corrected chi connectivity index (χ2v) is 9.27. The van der Waals surface area contributed by atoms with E-state index >= 15 is 0 Å². The van der Waals surface area contributed by atoms with Crippen LogP contribution in [0.4, 0.5) is 0 Å². The molecule has 0 radical (unpaired) electrons. The average Bonchev–Trinajstić information content (AvgIpc) is 3.59. The molecular weight excluding hydrogens is 446 g/mol. The van der Waals surface area contributed by atoms with Gasteiger partial charge in [-0.3, -0.25) is 9.59 Å². The lowest BCUT2D eigenvalue weighted by Gasteiger charge is -2.13. The number of aromatic nitrogens is 2. The fourth-order valence-corrected chi connectivity index (χ4v) is 5.04. The summed E-state index contributed by atoms with van der Waals surface area (Å²) in [6.45, 7) is 1.55. The summed E-state index contributed by atoms with van der Waals surface area (Å²) >= 11 is 1.39. The number of amides is 1.